The van der Waals surface area contributed by atoms with Crippen LogP contribution in [0.4, 0.5) is 0 Å². The number of rotatable bonds is 4. The first-order chi connectivity index (χ1) is 17.2. The number of likely N-dealkylation sites (tertiary alicyclic amines) is 2. The Morgan fingerprint density at radius 1 is 0.917 bits per heavy atom. The molecular weight excluding hydrogens is 497 g/mol. The summed E-state index contributed by atoms with van der Waals surface area (Å²) in [6.45, 7) is 5.93. The molecule has 2 aromatic rings. The van der Waals surface area contributed by atoms with Crippen molar-refractivity contribution in [2.45, 2.75) is 45.1 Å². The first-order valence-electron chi connectivity index (χ1n) is 12.5. The fourth-order valence-electron chi connectivity index (χ4n) is 5.48. The number of nitrogens with zero attached hydrogens (tertiary/aromatic N) is 3. The van der Waals surface area contributed by atoms with Gasteiger partial charge < -0.3 is 14.7 Å². The van der Waals surface area contributed by atoms with Gasteiger partial charge in [-0.2, -0.15) is 0 Å². The van der Waals surface area contributed by atoms with E-state index in [9.17, 15) is 14.4 Å². The van der Waals surface area contributed by atoms with Gasteiger partial charge in [-0.3, -0.25) is 14.4 Å². The Balaban J connectivity index is 1.55. The van der Waals surface area contributed by atoms with Crippen LogP contribution in [0.3, 0.4) is 0 Å². The Kier molecular flexibility index (Phi) is 8.26. The van der Waals surface area contributed by atoms with Gasteiger partial charge in [-0.05, 0) is 67.6 Å². The predicted octanol–water partition coefficient (Wildman–Crippen LogP) is 5.02. The van der Waals surface area contributed by atoms with Gasteiger partial charge in [0.1, 0.15) is 0 Å². The summed E-state index contributed by atoms with van der Waals surface area (Å²) in [5, 5.41) is 1.28. The number of benzene rings is 2. The van der Waals surface area contributed by atoms with E-state index in [0.717, 1.165) is 11.1 Å². The molecule has 2 atom stereocenters. The van der Waals surface area contributed by atoms with Crippen molar-refractivity contribution in [1.29, 1.82) is 0 Å². The lowest BCUT2D eigenvalue weighted by Gasteiger charge is -2.44. The van der Waals surface area contributed by atoms with E-state index in [-0.39, 0.29) is 35.6 Å². The van der Waals surface area contributed by atoms with Crippen LogP contribution >= 0.6 is 23.2 Å². The zero-order valence-electron chi connectivity index (χ0n) is 21.0. The van der Waals surface area contributed by atoms with Crippen LogP contribution in [-0.4, -0.2) is 71.7 Å². The van der Waals surface area contributed by atoms with Crippen LogP contribution in [-0.2, 0) is 9.59 Å². The lowest BCUT2D eigenvalue weighted by Crippen LogP contribution is -2.53. The molecule has 6 nitrogen and oxygen atoms in total. The zero-order valence-corrected chi connectivity index (χ0v) is 22.6. The number of halogens is 2. The van der Waals surface area contributed by atoms with Gasteiger partial charge in [-0.15, -0.1) is 0 Å². The Morgan fingerprint density at radius 2 is 1.56 bits per heavy atom. The molecule has 8 heteroatoms. The molecule has 2 aliphatic rings. The quantitative estimate of drug-likeness (QED) is 0.558. The molecule has 0 radical (unpaired) electrons. The molecule has 192 valence electrons. The maximum absolute atomic E-state index is 13.5. The van der Waals surface area contributed by atoms with E-state index in [1.807, 2.05) is 40.8 Å². The van der Waals surface area contributed by atoms with Crippen molar-refractivity contribution in [2.75, 3.05) is 33.2 Å². The minimum Gasteiger partial charge on any atom is -0.343 e. The molecule has 0 unspecified atom stereocenters. The highest BCUT2D eigenvalue weighted by molar-refractivity contribution is 6.31. The summed E-state index contributed by atoms with van der Waals surface area (Å²) in [5.74, 6) is 0.0337. The van der Waals surface area contributed by atoms with Crippen LogP contribution in [0.5, 0.6) is 0 Å². The summed E-state index contributed by atoms with van der Waals surface area (Å²) in [6.07, 6.45) is 2.07. The largest absolute Gasteiger partial charge is 0.343 e. The van der Waals surface area contributed by atoms with Gasteiger partial charge in [0.05, 0.1) is 0 Å². The van der Waals surface area contributed by atoms with E-state index < -0.39 is 0 Å². The van der Waals surface area contributed by atoms with Crippen molar-refractivity contribution in [3.63, 3.8) is 0 Å². The number of hydrogen-bond donors (Lipinski definition) is 0. The van der Waals surface area contributed by atoms with E-state index in [4.69, 9.17) is 23.2 Å². The fourth-order valence-corrected chi connectivity index (χ4v) is 5.72. The number of hydrogen-bond acceptors (Lipinski definition) is 3. The second kappa shape index (κ2) is 11.2. The fraction of sp³-hybridized carbons (Fsp3) is 0.464. The average molecular weight is 530 g/mol. The third kappa shape index (κ3) is 5.70. The summed E-state index contributed by atoms with van der Waals surface area (Å²) in [7, 11) is 1.84. The Morgan fingerprint density at radius 3 is 2.17 bits per heavy atom. The van der Waals surface area contributed by atoms with Crippen LogP contribution in [0.2, 0.25) is 10.0 Å². The highest BCUT2D eigenvalue weighted by Crippen LogP contribution is 2.34. The number of likely N-dealkylation sites (N-methyl/N-ethyl adjacent to an activating group) is 1. The lowest BCUT2D eigenvalue weighted by molar-refractivity contribution is -0.141. The normalized spacial score (nSPS) is 20.8. The summed E-state index contributed by atoms with van der Waals surface area (Å²) in [4.78, 5) is 44.1. The molecule has 0 bridgehead atoms. The van der Waals surface area contributed by atoms with Crippen LogP contribution in [0, 0.1) is 12.8 Å². The van der Waals surface area contributed by atoms with Gasteiger partial charge in [0, 0.05) is 73.6 Å². The Labute approximate surface area is 223 Å². The molecule has 2 heterocycles. The second-order valence-corrected chi connectivity index (χ2v) is 10.8. The van der Waals surface area contributed by atoms with E-state index in [1.165, 1.54) is 0 Å². The number of piperidine rings is 2. The van der Waals surface area contributed by atoms with Gasteiger partial charge in [0.25, 0.3) is 5.91 Å². The number of amides is 3. The summed E-state index contributed by atoms with van der Waals surface area (Å²) < 4.78 is 0. The van der Waals surface area contributed by atoms with Crippen molar-refractivity contribution in [3.8, 4) is 0 Å². The smallest absolute Gasteiger partial charge is 0.253 e. The lowest BCUT2D eigenvalue weighted by atomic mass is 9.83. The molecule has 2 saturated heterocycles. The van der Waals surface area contributed by atoms with Gasteiger partial charge >= 0.3 is 0 Å². The molecule has 0 saturated carbocycles. The molecule has 0 aliphatic carbocycles. The van der Waals surface area contributed by atoms with E-state index in [1.54, 1.807) is 31.2 Å². The van der Waals surface area contributed by atoms with Crippen molar-refractivity contribution >= 4 is 40.9 Å². The summed E-state index contributed by atoms with van der Waals surface area (Å²) in [5.41, 5.74) is 2.63. The zero-order chi connectivity index (χ0) is 26.0. The Bertz CT molecular complexity index is 1130. The summed E-state index contributed by atoms with van der Waals surface area (Å²) >= 11 is 12.3. The number of aryl methyl sites for hydroxylation is 1. The van der Waals surface area contributed by atoms with Gasteiger partial charge in [0.15, 0.2) is 0 Å². The van der Waals surface area contributed by atoms with Gasteiger partial charge in [-0.25, -0.2) is 0 Å². The molecular formula is C28H33Cl2N3O3. The minimum atomic E-state index is -0.0719. The molecule has 2 fully saturated rings. The highest BCUT2D eigenvalue weighted by atomic mass is 35.5. The number of carbonyl (C=O) groups is 3. The van der Waals surface area contributed by atoms with Crippen molar-refractivity contribution in [3.05, 3.63) is 69.2 Å². The standard InChI is InChI=1S/C28H33Cl2N3O3/c1-18-16-22(6-9-25(18)30)24-17-33(28(36)21-10-13-32(14-11-21)19(2)34)15-12-26(24)31(3)27(35)20-4-7-23(29)8-5-20/h4-9,16,21,24,26H,10-15,17H2,1-3H3/t24-,26+/m0/s1. The molecule has 0 spiro atoms. The van der Waals surface area contributed by atoms with Gasteiger partial charge in [0.2, 0.25) is 11.8 Å². The first-order valence-corrected chi connectivity index (χ1v) is 13.2. The maximum Gasteiger partial charge on any atom is 0.253 e. The minimum absolute atomic E-state index is 0.0442. The molecule has 0 aromatic heterocycles. The molecule has 2 aliphatic heterocycles. The van der Waals surface area contributed by atoms with Crippen molar-refractivity contribution in [2.24, 2.45) is 5.92 Å². The molecule has 0 N–H and O–H groups in total. The maximum atomic E-state index is 13.5. The SMILES string of the molecule is CC(=O)N1CCC(C(=O)N2CC[C@@H](N(C)C(=O)c3ccc(Cl)cc3)[C@H](c3ccc(Cl)c(C)c3)C2)CC1. The number of carbonyl (C=O) groups excluding carboxylic acids is 3. The monoisotopic (exact) mass is 529 g/mol. The molecule has 3 amide bonds. The van der Waals surface area contributed by atoms with Crippen LogP contribution in [0.25, 0.3) is 0 Å². The third-order valence-corrected chi connectivity index (χ3v) is 8.37. The highest BCUT2D eigenvalue weighted by Gasteiger charge is 2.39. The molecule has 2 aromatic carbocycles. The van der Waals surface area contributed by atoms with E-state index in [0.29, 0.717) is 61.1 Å². The van der Waals surface area contributed by atoms with Crippen molar-refractivity contribution < 1.29 is 14.4 Å². The van der Waals surface area contributed by atoms with Crippen LogP contribution in [0.1, 0.15) is 53.6 Å². The molecule has 4 rings (SSSR count). The predicted molar refractivity (Wildman–Crippen MR) is 142 cm³/mol. The Hall–Kier alpha value is -2.57. The average Bonchev–Trinajstić information content (AvgIpc) is 2.89. The summed E-state index contributed by atoms with van der Waals surface area (Å²) in [6, 6.07) is 12.8. The first kappa shape index (κ1) is 26.5. The topological polar surface area (TPSA) is 60.9 Å². The van der Waals surface area contributed by atoms with E-state index in [2.05, 4.69) is 6.07 Å². The van der Waals surface area contributed by atoms with E-state index >= 15 is 0 Å². The second-order valence-electron chi connectivity index (χ2n) is 9.96. The van der Waals surface area contributed by atoms with Crippen LogP contribution in [0.15, 0.2) is 42.5 Å². The van der Waals surface area contributed by atoms with Gasteiger partial charge in [-0.1, -0.05) is 35.3 Å². The molecule has 36 heavy (non-hydrogen) atoms. The van der Waals surface area contributed by atoms with Crippen molar-refractivity contribution in [1.82, 2.24) is 14.7 Å². The van der Waals surface area contributed by atoms with Crippen LogP contribution < -0.4 is 0 Å². The third-order valence-electron chi connectivity index (χ3n) is 7.70.